The largest absolute Gasteiger partial charge is 0.492 e. The fraction of sp³-hybridized carbons (Fsp3) is 0.444. The molecule has 3 N–H and O–H groups in total. The van der Waals surface area contributed by atoms with Gasteiger partial charge in [0.1, 0.15) is 23.2 Å². The third-order valence-electron chi connectivity index (χ3n) is 8.34. The van der Waals surface area contributed by atoms with Gasteiger partial charge in [-0.15, -0.1) is 0 Å². The molecule has 1 heterocycles. The number of hydrogen-bond acceptors (Lipinski definition) is 9. The van der Waals surface area contributed by atoms with E-state index >= 15 is 4.39 Å². The maximum Gasteiger partial charge on any atom is 0.254 e. The Hall–Kier alpha value is -4.78. The number of ether oxygens (including phenoxy) is 3. The van der Waals surface area contributed by atoms with E-state index in [1.165, 1.54) is 56.8 Å². The molecule has 49 heavy (non-hydrogen) atoms. The Morgan fingerprint density at radius 2 is 1.92 bits per heavy atom. The molecule has 3 rings (SSSR count). The van der Waals surface area contributed by atoms with Crippen molar-refractivity contribution in [3.05, 3.63) is 90.2 Å². The Labute approximate surface area is 287 Å². The zero-order valence-corrected chi connectivity index (χ0v) is 29.0. The SMILES string of the molecule is C=C/C=C(\C=C(\F)C(C)OC1=C(C)C(/N=C(/OCCCN(CC)CC)C(=C)OC)N=CN1)NC(=O)C1(C(=O)Nc2ccc(F)cc2)CCC1. The molecule has 0 bridgehead atoms. The molecule has 1 saturated carbocycles. The maximum absolute atomic E-state index is 15.6. The minimum absolute atomic E-state index is 0.0843. The van der Waals surface area contributed by atoms with Crippen LogP contribution in [0.3, 0.4) is 0 Å². The van der Waals surface area contributed by atoms with Crippen molar-refractivity contribution in [1.82, 2.24) is 15.5 Å². The number of nitrogens with zero attached hydrogens (tertiary/aromatic N) is 3. The third kappa shape index (κ3) is 10.6. The van der Waals surface area contributed by atoms with Gasteiger partial charge in [0.15, 0.2) is 17.8 Å². The van der Waals surface area contributed by atoms with E-state index in [1.54, 1.807) is 6.92 Å². The lowest BCUT2D eigenvalue weighted by atomic mass is 9.67. The minimum atomic E-state index is -1.36. The molecule has 2 unspecified atom stereocenters. The van der Waals surface area contributed by atoms with E-state index < -0.39 is 41.1 Å². The van der Waals surface area contributed by atoms with Gasteiger partial charge in [-0.1, -0.05) is 39.5 Å². The normalized spacial score (nSPS) is 18.2. The highest BCUT2D eigenvalue weighted by molar-refractivity contribution is 6.11. The highest BCUT2D eigenvalue weighted by atomic mass is 19.1. The van der Waals surface area contributed by atoms with Crippen molar-refractivity contribution < 1.29 is 32.6 Å². The molecule has 1 aromatic carbocycles. The van der Waals surface area contributed by atoms with Crippen LogP contribution in [-0.2, 0) is 23.8 Å². The van der Waals surface area contributed by atoms with Crippen LogP contribution in [0.25, 0.3) is 0 Å². The predicted molar refractivity (Wildman–Crippen MR) is 188 cm³/mol. The fourth-order valence-electron chi connectivity index (χ4n) is 5.03. The zero-order chi connectivity index (χ0) is 36.0. The molecule has 0 spiro atoms. The molecule has 1 fully saturated rings. The zero-order valence-electron chi connectivity index (χ0n) is 29.0. The molecule has 13 heteroatoms. The minimum Gasteiger partial charge on any atom is -0.492 e. The van der Waals surface area contributed by atoms with Crippen LogP contribution in [0.2, 0.25) is 0 Å². The predicted octanol–water partition coefficient (Wildman–Crippen LogP) is 5.88. The van der Waals surface area contributed by atoms with Gasteiger partial charge in [-0.05, 0) is 82.6 Å². The maximum atomic E-state index is 15.6. The Morgan fingerprint density at radius 1 is 1.22 bits per heavy atom. The number of carbonyl (C=O) groups excluding carboxylic acids is 2. The van der Waals surface area contributed by atoms with Gasteiger partial charge in [-0.3, -0.25) is 9.59 Å². The van der Waals surface area contributed by atoms with E-state index in [1.807, 2.05) is 0 Å². The van der Waals surface area contributed by atoms with Crippen LogP contribution in [0.5, 0.6) is 0 Å². The summed E-state index contributed by atoms with van der Waals surface area (Å²) in [7, 11) is 1.48. The van der Waals surface area contributed by atoms with E-state index in [4.69, 9.17) is 14.2 Å². The second-order valence-electron chi connectivity index (χ2n) is 11.6. The van der Waals surface area contributed by atoms with Crippen LogP contribution in [0.4, 0.5) is 14.5 Å². The fourth-order valence-corrected chi connectivity index (χ4v) is 5.03. The number of hydrogen-bond donors (Lipinski definition) is 3. The van der Waals surface area contributed by atoms with Crippen molar-refractivity contribution in [3.63, 3.8) is 0 Å². The highest BCUT2D eigenvalue weighted by Gasteiger charge is 2.51. The van der Waals surface area contributed by atoms with Gasteiger partial charge in [-0.25, -0.2) is 18.8 Å². The Bertz CT molecular complexity index is 1490. The first-order valence-corrected chi connectivity index (χ1v) is 16.4. The molecule has 2 aliphatic rings. The summed E-state index contributed by atoms with van der Waals surface area (Å²) in [5.41, 5.74) is -0.349. The number of methoxy groups -OCH3 is 1. The number of benzene rings is 1. The Morgan fingerprint density at radius 3 is 2.51 bits per heavy atom. The highest BCUT2D eigenvalue weighted by Crippen LogP contribution is 2.42. The smallest absolute Gasteiger partial charge is 0.254 e. The van der Waals surface area contributed by atoms with E-state index in [-0.39, 0.29) is 23.2 Å². The molecule has 0 radical (unpaired) electrons. The van der Waals surface area contributed by atoms with Crippen molar-refractivity contribution in [1.29, 1.82) is 0 Å². The quantitative estimate of drug-likeness (QED) is 0.0442. The Kier molecular flexibility index (Phi) is 14.7. The summed E-state index contributed by atoms with van der Waals surface area (Å²) in [5, 5.41) is 8.25. The average Bonchev–Trinajstić information content (AvgIpc) is 3.06. The number of halogens is 2. The Balaban J connectivity index is 1.69. The second-order valence-corrected chi connectivity index (χ2v) is 11.6. The topological polar surface area (TPSA) is 126 Å². The van der Waals surface area contributed by atoms with Crippen LogP contribution in [0, 0.1) is 11.2 Å². The molecule has 2 amide bonds. The first-order chi connectivity index (χ1) is 23.5. The monoisotopic (exact) mass is 682 g/mol. The van der Waals surface area contributed by atoms with Gasteiger partial charge in [0.25, 0.3) is 5.90 Å². The van der Waals surface area contributed by atoms with Crippen molar-refractivity contribution in [2.75, 3.05) is 38.7 Å². The van der Waals surface area contributed by atoms with Crippen molar-refractivity contribution in [2.24, 2.45) is 15.4 Å². The van der Waals surface area contributed by atoms with Gasteiger partial charge in [0.05, 0.1) is 20.1 Å². The number of rotatable bonds is 18. The lowest BCUT2D eigenvalue weighted by Gasteiger charge is -2.38. The summed E-state index contributed by atoms with van der Waals surface area (Å²) in [5.74, 6) is -1.57. The molecule has 1 aliphatic heterocycles. The van der Waals surface area contributed by atoms with Gasteiger partial charge in [0, 0.05) is 23.5 Å². The number of amides is 2. The van der Waals surface area contributed by atoms with Gasteiger partial charge in [0.2, 0.25) is 11.8 Å². The first-order valence-electron chi connectivity index (χ1n) is 16.4. The number of allylic oxidation sites excluding steroid dienone is 3. The van der Waals surface area contributed by atoms with Crippen LogP contribution < -0.4 is 16.0 Å². The summed E-state index contributed by atoms with van der Waals surface area (Å²) in [6, 6.07) is 5.26. The summed E-state index contributed by atoms with van der Waals surface area (Å²) < 4.78 is 46.0. The lowest BCUT2D eigenvalue weighted by molar-refractivity contribution is -0.145. The third-order valence-corrected chi connectivity index (χ3v) is 8.34. The molecule has 1 aliphatic carbocycles. The van der Waals surface area contributed by atoms with E-state index in [0.29, 0.717) is 37.1 Å². The number of anilines is 1. The summed E-state index contributed by atoms with van der Waals surface area (Å²) in [6.45, 7) is 18.2. The van der Waals surface area contributed by atoms with Gasteiger partial charge in [-0.2, -0.15) is 0 Å². The van der Waals surface area contributed by atoms with Crippen molar-refractivity contribution in [2.45, 2.75) is 65.6 Å². The standard InChI is InChI=1S/C36H48F2N6O5/c1-8-13-29(42-35(46)36(18-11-19-36)34(45)41-28-16-14-27(37)15-17-28)22-30(38)25(5)49-32-24(4)31(39-23-40-32)43-33(26(6)47-7)48-21-12-20-44(9-2)10-3/h8,13-17,22-23,25,31H,1,6,9-12,18-21H2,2-5,7H3,(H,39,40)(H,41,45)(H,42,46)/b29-13+,30-22+,43-33+. The van der Waals surface area contributed by atoms with Crippen LogP contribution in [0.1, 0.15) is 53.4 Å². The first kappa shape index (κ1) is 38.7. The van der Waals surface area contributed by atoms with Gasteiger partial charge < -0.3 is 35.1 Å². The second kappa shape index (κ2) is 18.7. The van der Waals surface area contributed by atoms with E-state index in [2.05, 4.69) is 57.8 Å². The molecule has 11 nitrogen and oxygen atoms in total. The van der Waals surface area contributed by atoms with Crippen LogP contribution >= 0.6 is 0 Å². The summed E-state index contributed by atoms with van der Waals surface area (Å²) >= 11 is 0. The molecule has 1 aromatic rings. The van der Waals surface area contributed by atoms with Crippen molar-refractivity contribution >= 4 is 29.7 Å². The molecule has 0 aromatic heterocycles. The molecule has 266 valence electrons. The molecule has 0 saturated heterocycles. The number of nitrogens with one attached hydrogen (secondary N) is 3. The number of carbonyl (C=O) groups is 2. The molecular weight excluding hydrogens is 634 g/mol. The molecule has 2 atom stereocenters. The van der Waals surface area contributed by atoms with Crippen LogP contribution in [0.15, 0.2) is 94.4 Å². The summed E-state index contributed by atoms with van der Waals surface area (Å²) in [6.07, 6.45) is 5.56. The van der Waals surface area contributed by atoms with Crippen molar-refractivity contribution in [3.8, 4) is 0 Å². The van der Waals surface area contributed by atoms with E-state index in [9.17, 15) is 14.0 Å². The lowest BCUT2D eigenvalue weighted by Crippen LogP contribution is -2.53. The van der Waals surface area contributed by atoms with Crippen LogP contribution in [-0.4, -0.2) is 74.6 Å². The van der Waals surface area contributed by atoms with E-state index in [0.717, 1.165) is 32.1 Å². The van der Waals surface area contributed by atoms with Gasteiger partial charge >= 0.3 is 0 Å². The number of aliphatic imine (C=N–C) groups is 2. The summed E-state index contributed by atoms with van der Waals surface area (Å²) in [4.78, 5) is 37.8. The average molecular weight is 683 g/mol. The molecular formula is C36H48F2N6O5.